The van der Waals surface area contributed by atoms with Gasteiger partial charge in [0.25, 0.3) is 11.8 Å². The molecule has 4 atom stereocenters. The SMILES string of the molecule is CCCCC(=O)COc1cccc2c1CN(C1CCC(=O)NC1=O)C2=O.CCCCCCCNC(=O)COc1cccc(C(CCc2ccc(C)c(C)c2)OC(=O)[C@@H]2CCCCN2C(=O)[C@@H](CC)c2cc(C)c(OC)c(OC)c2)c1. The number of carbonyl (C=O) groups is 7. The molecule has 0 aromatic heterocycles. The number of aryl methyl sites for hydroxylation is 4. The fourth-order valence-electron chi connectivity index (χ4n) is 10.6. The normalized spacial score (nSPS) is 16.6. The van der Waals surface area contributed by atoms with Crippen LogP contribution in [-0.4, -0.2) is 104 Å². The molecule has 80 heavy (non-hydrogen) atoms. The molecule has 2 fully saturated rings. The first-order chi connectivity index (χ1) is 38.6. The van der Waals surface area contributed by atoms with E-state index in [-0.39, 0.29) is 55.6 Å². The minimum atomic E-state index is -0.698. The lowest BCUT2D eigenvalue weighted by molar-refractivity contribution is -0.162. The zero-order chi connectivity index (χ0) is 57.7. The Kier molecular flexibility index (Phi) is 24.0. The van der Waals surface area contributed by atoms with Crippen molar-refractivity contribution in [2.24, 2.45) is 0 Å². The van der Waals surface area contributed by atoms with E-state index in [0.717, 1.165) is 60.8 Å². The Morgan fingerprint density at radius 2 is 1.52 bits per heavy atom. The van der Waals surface area contributed by atoms with Crippen LogP contribution in [0.25, 0.3) is 0 Å². The third-order valence-corrected chi connectivity index (χ3v) is 15.3. The van der Waals surface area contributed by atoms with Crippen LogP contribution in [0.3, 0.4) is 0 Å². The number of likely N-dealkylation sites (tertiary alicyclic amines) is 1. The summed E-state index contributed by atoms with van der Waals surface area (Å²) in [5.41, 5.74) is 7.25. The van der Waals surface area contributed by atoms with Gasteiger partial charge in [0.1, 0.15) is 36.3 Å². The molecule has 432 valence electrons. The van der Waals surface area contributed by atoms with E-state index in [1.807, 2.05) is 57.2 Å². The van der Waals surface area contributed by atoms with Gasteiger partial charge >= 0.3 is 5.97 Å². The summed E-state index contributed by atoms with van der Waals surface area (Å²) < 4.78 is 29.1. The van der Waals surface area contributed by atoms with Crippen LogP contribution in [0.5, 0.6) is 23.0 Å². The molecular weight excluding hydrogens is 1020 g/mol. The molecule has 5 amide bonds. The number of nitrogens with zero attached hydrogens (tertiary/aromatic N) is 2. The fraction of sp³-hybridized carbons (Fsp3) is 0.516. The molecule has 0 radical (unpaired) electrons. The van der Waals surface area contributed by atoms with Gasteiger partial charge in [-0.1, -0.05) is 95.3 Å². The van der Waals surface area contributed by atoms with E-state index in [0.29, 0.717) is 85.7 Å². The predicted molar refractivity (Wildman–Crippen MR) is 306 cm³/mol. The molecule has 3 aliphatic rings. The van der Waals surface area contributed by atoms with Gasteiger partial charge in [-0.25, -0.2) is 4.79 Å². The molecule has 4 aromatic rings. The summed E-state index contributed by atoms with van der Waals surface area (Å²) in [5.74, 6) is 0.138. The number of carbonyl (C=O) groups excluding carboxylic acids is 7. The average Bonchev–Trinajstić information content (AvgIpc) is 3.81. The van der Waals surface area contributed by atoms with Crippen LogP contribution >= 0.6 is 0 Å². The molecule has 3 aliphatic heterocycles. The first-order valence-electron chi connectivity index (χ1n) is 28.8. The Bertz CT molecular complexity index is 2790. The van der Waals surface area contributed by atoms with E-state index in [4.69, 9.17) is 23.7 Å². The summed E-state index contributed by atoms with van der Waals surface area (Å²) in [7, 11) is 3.19. The van der Waals surface area contributed by atoms with E-state index in [2.05, 4.69) is 49.6 Å². The van der Waals surface area contributed by atoms with Crippen molar-refractivity contribution < 1.29 is 57.2 Å². The number of rotatable bonds is 27. The molecule has 0 bridgehead atoms. The lowest BCUT2D eigenvalue weighted by Crippen LogP contribution is -2.52. The number of methoxy groups -OCH3 is 2. The third kappa shape index (κ3) is 16.9. The Morgan fingerprint density at radius 1 is 0.750 bits per heavy atom. The monoisotopic (exact) mass is 1100 g/mol. The number of esters is 1. The van der Waals surface area contributed by atoms with E-state index in [1.54, 1.807) is 37.3 Å². The fourth-order valence-corrected chi connectivity index (χ4v) is 10.6. The van der Waals surface area contributed by atoms with Gasteiger partial charge in [-0.2, -0.15) is 0 Å². The van der Waals surface area contributed by atoms with Crippen molar-refractivity contribution in [2.45, 2.75) is 175 Å². The number of hydrogen-bond donors (Lipinski definition) is 2. The summed E-state index contributed by atoms with van der Waals surface area (Å²) in [6, 6.07) is 21.5. The van der Waals surface area contributed by atoms with Gasteiger partial charge < -0.3 is 38.8 Å². The summed E-state index contributed by atoms with van der Waals surface area (Å²) in [6.07, 6.45) is 11.8. The molecule has 2 saturated heterocycles. The van der Waals surface area contributed by atoms with Crippen molar-refractivity contribution >= 4 is 41.3 Å². The molecule has 0 aliphatic carbocycles. The van der Waals surface area contributed by atoms with Crippen molar-refractivity contribution in [1.82, 2.24) is 20.4 Å². The highest BCUT2D eigenvalue weighted by atomic mass is 16.5. The van der Waals surface area contributed by atoms with E-state index in [9.17, 15) is 33.6 Å². The Balaban J connectivity index is 0.000000329. The van der Waals surface area contributed by atoms with Gasteiger partial charge in [0.05, 0.1) is 26.7 Å². The smallest absolute Gasteiger partial charge is 0.329 e. The predicted octanol–water partition coefficient (Wildman–Crippen LogP) is 10.5. The molecule has 4 aromatic carbocycles. The van der Waals surface area contributed by atoms with Crippen molar-refractivity contribution in [3.63, 3.8) is 0 Å². The lowest BCUT2D eigenvalue weighted by atomic mass is 9.91. The highest BCUT2D eigenvalue weighted by Crippen LogP contribution is 2.38. The quantitative estimate of drug-likeness (QED) is 0.0326. The highest BCUT2D eigenvalue weighted by Gasteiger charge is 2.41. The molecule has 16 heteroatoms. The maximum absolute atomic E-state index is 14.3. The number of hydrogen-bond acceptors (Lipinski definition) is 12. The number of piperidine rings is 2. The molecule has 0 saturated carbocycles. The topological polar surface area (TPSA) is 196 Å². The minimum absolute atomic E-state index is 0.0239. The minimum Gasteiger partial charge on any atom is -0.493 e. The van der Waals surface area contributed by atoms with Crippen molar-refractivity contribution in [2.75, 3.05) is 40.5 Å². The van der Waals surface area contributed by atoms with Crippen LogP contribution < -0.4 is 29.6 Å². The largest absolute Gasteiger partial charge is 0.493 e. The number of ketones is 1. The number of fused-ring (bicyclic) bond motifs is 1. The first kappa shape index (κ1) is 62.0. The van der Waals surface area contributed by atoms with Crippen LogP contribution in [0.4, 0.5) is 0 Å². The summed E-state index contributed by atoms with van der Waals surface area (Å²) in [6.45, 7) is 13.6. The van der Waals surface area contributed by atoms with Crippen molar-refractivity contribution in [3.05, 3.63) is 117 Å². The van der Waals surface area contributed by atoms with Gasteiger partial charge in [0.2, 0.25) is 17.7 Å². The average molecular weight is 1100 g/mol. The number of ether oxygens (including phenoxy) is 5. The summed E-state index contributed by atoms with van der Waals surface area (Å²) in [4.78, 5) is 92.2. The number of unbranched alkanes of at least 4 members (excludes halogenated alkanes) is 5. The third-order valence-electron chi connectivity index (χ3n) is 15.3. The standard InChI is InChI=1S/C45H62N2O7.C19H22N2O5/c1-8-10-11-12-14-24-46-42(48)30-53-37-18-16-17-35(28-37)40(23-22-34-21-20-31(3)32(4)26-34)54-45(50)39-19-13-15-25-47(39)44(49)38(9-2)36-27-33(5)43(52-7)41(29-36)51-6;1-2-3-5-12(22)11-26-16-7-4-6-13-14(16)10-21(19(13)25)15-8-9-17(23)20-18(15)24/h16-18,20-21,26-29,38-40H,8-15,19,22-25,30H2,1-7H3,(H,46,48);4,6-7,15H,2-3,5,8-11H2,1H3,(H,20,23,24)/t38-,39-,40?;/m0./s1. The highest BCUT2D eigenvalue weighted by molar-refractivity contribution is 6.05. The van der Waals surface area contributed by atoms with E-state index in [1.165, 1.54) is 35.3 Å². The Labute approximate surface area is 473 Å². The molecule has 0 spiro atoms. The molecule has 7 rings (SSSR count). The first-order valence-corrected chi connectivity index (χ1v) is 28.8. The zero-order valence-electron chi connectivity index (χ0n) is 48.4. The Hall–Kier alpha value is -7.23. The van der Waals surface area contributed by atoms with Gasteiger partial charge in [0.15, 0.2) is 23.9 Å². The van der Waals surface area contributed by atoms with Gasteiger partial charge in [-0.15, -0.1) is 0 Å². The lowest BCUT2D eigenvalue weighted by Gasteiger charge is -2.37. The summed E-state index contributed by atoms with van der Waals surface area (Å²) in [5, 5.41) is 5.23. The van der Waals surface area contributed by atoms with Gasteiger partial charge in [-0.05, 0) is 142 Å². The molecule has 16 nitrogen and oxygen atoms in total. The van der Waals surface area contributed by atoms with Crippen molar-refractivity contribution in [1.29, 1.82) is 0 Å². The van der Waals surface area contributed by atoms with E-state index < -0.39 is 36.0 Å². The maximum Gasteiger partial charge on any atom is 0.329 e. The zero-order valence-corrected chi connectivity index (χ0v) is 48.4. The molecule has 2 N–H and O–H groups in total. The number of Topliss-reactive ketones (excluding diaryl/α,β-unsaturated/α-hetero) is 1. The molecule has 3 heterocycles. The van der Waals surface area contributed by atoms with Crippen LogP contribution in [-0.2, 0) is 46.5 Å². The number of nitrogens with one attached hydrogen (secondary N) is 2. The van der Waals surface area contributed by atoms with Gasteiger partial charge in [-0.3, -0.25) is 34.1 Å². The number of imide groups is 1. The molecule has 2 unspecified atom stereocenters. The maximum atomic E-state index is 14.3. The second-order valence-corrected chi connectivity index (χ2v) is 21.2. The second kappa shape index (κ2) is 30.9. The van der Waals surface area contributed by atoms with Crippen LogP contribution in [0.15, 0.2) is 72.8 Å². The van der Waals surface area contributed by atoms with E-state index >= 15 is 0 Å². The molecular formula is C64H84N4O12. The van der Waals surface area contributed by atoms with Crippen LogP contribution in [0, 0.1) is 20.8 Å². The summed E-state index contributed by atoms with van der Waals surface area (Å²) >= 11 is 0. The number of benzene rings is 4. The van der Waals surface area contributed by atoms with Crippen molar-refractivity contribution in [3.8, 4) is 23.0 Å². The van der Waals surface area contributed by atoms with Gasteiger partial charge in [0, 0.05) is 37.1 Å². The van der Waals surface area contributed by atoms with Crippen LogP contribution in [0.1, 0.15) is 178 Å². The van der Waals surface area contributed by atoms with Crippen LogP contribution in [0.2, 0.25) is 0 Å². The number of amides is 5. The second-order valence-electron chi connectivity index (χ2n) is 21.2. The Morgan fingerprint density at radius 3 is 2.25 bits per heavy atom.